The van der Waals surface area contributed by atoms with Crippen molar-refractivity contribution in [1.29, 1.82) is 0 Å². The molecule has 0 aromatic heterocycles. The summed E-state index contributed by atoms with van der Waals surface area (Å²) < 4.78 is 0. The van der Waals surface area contributed by atoms with Gasteiger partial charge < -0.3 is 5.11 Å². The standard InChI is InChI=1S/C11H9ClO2/c12-10-7-5-3-1-2-4-6(5)8(10)9(7)11(13)14/h1-4,7-10H,(H,13,14). The van der Waals surface area contributed by atoms with Crippen LogP contribution in [0.3, 0.4) is 0 Å². The second-order valence-corrected chi connectivity index (χ2v) is 4.49. The van der Waals surface area contributed by atoms with E-state index < -0.39 is 5.97 Å². The third-order valence-corrected chi connectivity index (χ3v) is 4.00. The van der Waals surface area contributed by atoms with Gasteiger partial charge in [0.1, 0.15) is 0 Å². The second-order valence-electron chi connectivity index (χ2n) is 3.99. The molecule has 0 spiro atoms. The molecule has 2 nitrogen and oxygen atoms in total. The Kier molecular flexibility index (Phi) is 1.49. The molecule has 1 saturated carbocycles. The third kappa shape index (κ3) is 0.758. The summed E-state index contributed by atoms with van der Waals surface area (Å²) in [6, 6.07) is 7.89. The molecule has 14 heavy (non-hydrogen) atoms. The maximum atomic E-state index is 11.0. The van der Waals surface area contributed by atoms with Crippen LogP contribution in [0.15, 0.2) is 24.3 Å². The van der Waals surface area contributed by atoms with Crippen LogP contribution in [-0.4, -0.2) is 16.5 Å². The number of carbonyl (C=O) groups is 1. The van der Waals surface area contributed by atoms with Gasteiger partial charge >= 0.3 is 5.97 Å². The summed E-state index contributed by atoms with van der Waals surface area (Å²) in [5, 5.41) is 9.04. The molecular weight excluding hydrogens is 200 g/mol. The molecule has 0 amide bonds. The summed E-state index contributed by atoms with van der Waals surface area (Å²) >= 11 is 6.15. The Labute approximate surface area is 86.5 Å². The number of aliphatic carboxylic acids is 1. The van der Waals surface area contributed by atoms with Crippen LogP contribution in [0.25, 0.3) is 0 Å². The lowest BCUT2D eigenvalue weighted by molar-refractivity contribution is -0.145. The van der Waals surface area contributed by atoms with Crippen molar-refractivity contribution in [3.63, 3.8) is 0 Å². The molecule has 1 N–H and O–H groups in total. The Morgan fingerprint density at radius 2 is 1.71 bits per heavy atom. The number of carboxylic acid groups (broad SMARTS) is 1. The topological polar surface area (TPSA) is 37.3 Å². The van der Waals surface area contributed by atoms with E-state index in [1.54, 1.807) is 0 Å². The summed E-state index contributed by atoms with van der Waals surface area (Å²) in [5.41, 5.74) is 2.29. The van der Waals surface area contributed by atoms with Crippen molar-refractivity contribution in [3.8, 4) is 0 Å². The fourth-order valence-electron chi connectivity index (χ4n) is 2.85. The smallest absolute Gasteiger partial charge is 0.307 e. The van der Waals surface area contributed by atoms with Crippen molar-refractivity contribution < 1.29 is 9.90 Å². The van der Waals surface area contributed by atoms with Crippen LogP contribution in [0.4, 0.5) is 0 Å². The van der Waals surface area contributed by atoms with Crippen LogP contribution >= 0.6 is 11.6 Å². The van der Waals surface area contributed by atoms with E-state index >= 15 is 0 Å². The van der Waals surface area contributed by atoms with Crippen molar-refractivity contribution in [2.45, 2.75) is 17.2 Å². The Balaban J connectivity index is 2.11. The van der Waals surface area contributed by atoms with Crippen LogP contribution in [0, 0.1) is 5.92 Å². The summed E-state index contributed by atoms with van der Waals surface area (Å²) in [6.07, 6.45) is 0. The highest BCUT2D eigenvalue weighted by molar-refractivity contribution is 6.23. The molecule has 72 valence electrons. The van der Waals surface area contributed by atoms with Crippen LogP contribution in [-0.2, 0) is 4.79 Å². The van der Waals surface area contributed by atoms with Gasteiger partial charge in [0.05, 0.1) is 5.92 Å². The summed E-state index contributed by atoms with van der Waals surface area (Å²) in [6.45, 7) is 0. The number of alkyl halides is 1. The number of halogens is 1. The molecule has 3 aliphatic rings. The number of carboxylic acids is 1. The highest BCUT2D eigenvalue weighted by atomic mass is 35.5. The molecule has 1 aromatic rings. The molecule has 0 heterocycles. The first-order valence-corrected chi connectivity index (χ1v) is 5.11. The van der Waals surface area contributed by atoms with Crippen LogP contribution in [0.5, 0.6) is 0 Å². The van der Waals surface area contributed by atoms with Crippen LogP contribution in [0.1, 0.15) is 23.0 Å². The molecule has 3 heteroatoms. The molecule has 0 saturated heterocycles. The molecule has 1 fully saturated rings. The van der Waals surface area contributed by atoms with E-state index in [1.165, 1.54) is 0 Å². The monoisotopic (exact) mass is 208 g/mol. The largest absolute Gasteiger partial charge is 0.481 e. The number of hydrogen-bond donors (Lipinski definition) is 1. The Bertz CT molecular complexity index is 385. The van der Waals surface area contributed by atoms with Gasteiger partial charge in [-0.2, -0.15) is 0 Å². The Morgan fingerprint density at radius 1 is 1.21 bits per heavy atom. The van der Waals surface area contributed by atoms with Crippen molar-refractivity contribution >= 4 is 17.6 Å². The van der Waals surface area contributed by atoms with Crippen LogP contribution in [0.2, 0.25) is 0 Å². The van der Waals surface area contributed by atoms with Gasteiger partial charge in [0, 0.05) is 17.2 Å². The number of hydrogen-bond acceptors (Lipinski definition) is 1. The lowest BCUT2D eigenvalue weighted by atomic mass is 9.69. The molecule has 3 aliphatic carbocycles. The van der Waals surface area contributed by atoms with Gasteiger partial charge in [-0.3, -0.25) is 4.79 Å². The molecule has 2 bridgehead atoms. The van der Waals surface area contributed by atoms with Gasteiger partial charge in [-0.15, -0.1) is 11.6 Å². The maximum Gasteiger partial charge on any atom is 0.307 e. The molecule has 2 atom stereocenters. The zero-order valence-electron chi connectivity index (χ0n) is 7.35. The summed E-state index contributed by atoms with van der Waals surface area (Å²) in [5.74, 6) is -0.922. The fraction of sp³-hybridized carbons (Fsp3) is 0.364. The molecule has 0 aliphatic heterocycles. The fourth-order valence-corrected chi connectivity index (χ4v) is 3.44. The Hall–Kier alpha value is -1.02. The van der Waals surface area contributed by atoms with Gasteiger partial charge in [-0.1, -0.05) is 24.3 Å². The van der Waals surface area contributed by atoms with Gasteiger partial charge in [-0.05, 0) is 11.1 Å². The lowest BCUT2D eigenvalue weighted by Gasteiger charge is -2.38. The van der Waals surface area contributed by atoms with E-state index in [9.17, 15) is 4.79 Å². The van der Waals surface area contributed by atoms with E-state index in [0.717, 1.165) is 11.1 Å². The van der Waals surface area contributed by atoms with E-state index in [1.807, 2.05) is 24.3 Å². The first-order valence-electron chi connectivity index (χ1n) is 4.67. The second kappa shape index (κ2) is 2.51. The zero-order valence-corrected chi connectivity index (χ0v) is 8.11. The molecule has 0 radical (unpaired) electrons. The van der Waals surface area contributed by atoms with Crippen molar-refractivity contribution in [2.75, 3.05) is 0 Å². The molecular formula is C11H9ClO2. The van der Waals surface area contributed by atoms with Crippen LogP contribution < -0.4 is 0 Å². The van der Waals surface area contributed by atoms with E-state index in [4.69, 9.17) is 16.7 Å². The highest BCUT2D eigenvalue weighted by Gasteiger charge is 2.61. The lowest BCUT2D eigenvalue weighted by Crippen LogP contribution is -2.42. The SMILES string of the molecule is O=C(O)C1C2c3ccccc3C1C2Cl. The highest BCUT2D eigenvalue weighted by Crippen LogP contribution is 2.63. The normalized spacial score (nSPS) is 37.5. The van der Waals surface area contributed by atoms with Crippen molar-refractivity contribution in [1.82, 2.24) is 0 Å². The minimum absolute atomic E-state index is 0.00602. The predicted octanol–water partition coefficient (Wildman–Crippen LogP) is 2.19. The van der Waals surface area contributed by atoms with E-state index in [2.05, 4.69) is 0 Å². The van der Waals surface area contributed by atoms with Crippen molar-refractivity contribution in [3.05, 3.63) is 35.4 Å². The Morgan fingerprint density at radius 3 is 2.14 bits per heavy atom. The quantitative estimate of drug-likeness (QED) is 0.719. The van der Waals surface area contributed by atoms with E-state index in [0.29, 0.717) is 0 Å². The number of benzene rings is 1. The van der Waals surface area contributed by atoms with Gasteiger partial charge in [0.15, 0.2) is 0 Å². The van der Waals surface area contributed by atoms with E-state index in [-0.39, 0.29) is 23.1 Å². The minimum Gasteiger partial charge on any atom is -0.481 e. The average Bonchev–Trinajstić information content (AvgIpc) is 2.64. The molecule has 1 aromatic carbocycles. The van der Waals surface area contributed by atoms with Gasteiger partial charge in [-0.25, -0.2) is 0 Å². The zero-order chi connectivity index (χ0) is 9.87. The van der Waals surface area contributed by atoms with Crippen molar-refractivity contribution in [2.24, 2.45) is 5.92 Å². The third-order valence-electron chi connectivity index (χ3n) is 3.46. The molecule has 4 rings (SSSR count). The maximum absolute atomic E-state index is 11.0. The van der Waals surface area contributed by atoms with Gasteiger partial charge in [0.2, 0.25) is 0 Å². The summed E-state index contributed by atoms with van der Waals surface area (Å²) in [7, 11) is 0. The van der Waals surface area contributed by atoms with Gasteiger partial charge in [0.25, 0.3) is 0 Å². The summed E-state index contributed by atoms with van der Waals surface area (Å²) in [4.78, 5) is 11.0. The predicted molar refractivity (Wildman–Crippen MR) is 52.7 cm³/mol. The first kappa shape index (κ1) is 8.30. The average molecular weight is 209 g/mol. The number of rotatable bonds is 1. The first-order chi connectivity index (χ1) is 6.72. The molecule has 2 unspecified atom stereocenters. The minimum atomic E-state index is -0.715.